The van der Waals surface area contributed by atoms with Gasteiger partial charge in [0, 0.05) is 6.04 Å². The number of fused-ring (bicyclic) bond motifs is 1. The molecule has 4 nitrogen and oxygen atoms in total. The fourth-order valence-corrected chi connectivity index (χ4v) is 2.78. The monoisotopic (exact) mass is 281 g/mol. The summed E-state index contributed by atoms with van der Waals surface area (Å²) in [6.07, 6.45) is 0.910. The van der Waals surface area contributed by atoms with Crippen molar-refractivity contribution in [1.29, 1.82) is 0 Å². The minimum Gasteiger partial charge on any atom is -0.494 e. The van der Waals surface area contributed by atoms with Crippen molar-refractivity contribution in [3.63, 3.8) is 0 Å². The Bertz CT molecular complexity index is 749. The van der Waals surface area contributed by atoms with Crippen molar-refractivity contribution < 1.29 is 4.74 Å². The second-order valence-corrected chi connectivity index (χ2v) is 5.21. The lowest BCUT2D eigenvalue weighted by atomic mass is 10.1. The number of nitrogen functional groups attached to an aromatic ring is 1. The maximum absolute atomic E-state index is 6.13. The highest BCUT2D eigenvalue weighted by Gasteiger charge is 2.16. The summed E-state index contributed by atoms with van der Waals surface area (Å²) in [6, 6.07) is 16.5. The highest BCUT2D eigenvalue weighted by Crippen LogP contribution is 2.30. The van der Waals surface area contributed by atoms with Crippen LogP contribution in [0.1, 0.15) is 18.5 Å². The molecule has 1 atom stereocenters. The van der Waals surface area contributed by atoms with Gasteiger partial charge in [0.25, 0.3) is 0 Å². The summed E-state index contributed by atoms with van der Waals surface area (Å²) in [6.45, 7) is 2.16. The maximum atomic E-state index is 6.13. The van der Waals surface area contributed by atoms with Gasteiger partial charge in [-0.25, -0.2) is 4.98 Å². The van der Waals surface area contributed by atoms with Crippen LogP contribution in [0.4, 0.5) is 5.95 Å². The third-order valence-electron chi connectivity index (χ3n) is 3.75. The Morgan fingerprint density at radius 3 is 2.62 bits per heavy atom. The van der Waals surface area contributed by atoms with E-state index in [0.29, 0.717) is 5.95 Å². The van der Waals surface area contributed by atoms with Gasteiger partial charge < -0.3 is 15.0 Å². The van der Waals surface area contributed by atoms with E-state index in [4.69, 9.17) is 10.5 Å². The van der Waals surface area contributed by atoms with Crippen LogP contribution in [0.2, 0.25) is 0 Å². The standard InChI is InChI=1S/C17H19N3O/c1-12(11-13-7-4-3-5-8-13)20-14-9-6-10-15(21-2)16(14)19-17(20)18/h3-10,12H,11H2,1-2H3,(H2,18,19). The summed E-state index contributed by atoms with van der Waals surface area (Å²) in [4.78, 5) is 4.46. The Morgan fingerprint density at radius 2 is 1.90 bits per heavy atom. The fraction of sp³-hybridized carbons (Fsp3) is 0.235. The van der Waals surface area contributed by atoms with Crippen LogP contribution in [0.5, 0.6) is 5.75 Å². The van der Waals surface area contributed by atoms with Crippen molar-refractivity contribution in [3.8, 4) is 5.75 Å². The Kier molecular flexibility index (Phi) is 3.52. The number of rotatable bonds is 4. The van der Waals surface area contributed by atoms with Crippen LogP contribution < -0.4 is 10.5 Å². The highest BCUT2D eigenvalue weighted by molar-refractivity contribution is 5.84. The van der Waals surface area contributed by atoms with E-state index < -0.39 is 0 Å². The highest BCUT2D eigenvalue weighted by atomic mass is 16.5. The van der Waals surface area contributed by atoms with Crippen LogP contribution in [-0.4, -0.2) is 16.7 Å². The molecule has 0 radical (unpaired) electrons. The summed E-state index contributed by atoms with van der Waals surface area (Å²) < 4.78 is 7.44. The van der Waals surface area contributed by atoms with Gasteiger partial charge in [-0.2, -0.15) is 0 Å². The summed E-state index contributed by atoms with van der Waals surface area (Å²) in [5.74, 6) is 1.28. The molecule has 0 saturated heterocycles. The molecular weight excluding hydrogens is 262 g/mol. The van der Waals surface area contributed by atoms with Crippen LogP contribution in [0.15, 0.2) is 48.5 Å². The molecule has 0 bridgehead atoms. The number of aromatic nitrogens is 2. The van der Waals surface area contributed by atoms with Crippen molar-refractivity contribution >= 4 is 17.0 Å². The maximum Gasteiger partial charge on any atom is 0.201 e. The first-order valence-corrected chi connectivity index (χ1v) is 7.05. The van der Waals surface area contributed by atoms with E-state index in [2.05, 4.69) is 40.7 Å². The molecule has 0 fully saturated rings. The average Bonchev–Trinajstić information content (AvgIpc) is 2.84. The number of hydrogen-bond acceptors (Lipinski definition) is 3. The first-order valence-electron chi connectivity index (χ1n) is 7.05. The Labute approximate surface area is 124 Å². The third-order valence-corrected chi connectivity index (χ3v) is 3.75. The molecule has 21 heavy (non-hydrogen) atoms. The number of para-hydroxylation sites is 1. The number of benzene rings is 2. The Balaban J connectivity index is 2.02. The van der Waals surface area contributed by atoms with Crippen LogP contribution in [0.25, 0.3) is 11.0 Å². The second-order valence-electron chi connectivity index (χ2n) is 5.21. The average molecular weight is 281 g/mol. The molecule has 1 aromatic heterocycles. The minimum atomic E-state index is 0.226. The lowest BCUT2D eigenvalue weighted by molar-refractivity contribution is 0.419. The molecule has 108 valence electrons. The number of hydrogen-bond donors (Lipinski definition) is 1. The van der Waals surface area contributed by atoms with Crippen molar-refractivity contribution in [2.24, 2.45) is 0 Å². The molecule has 0 aliphatic carbocycles. The first-order chi connectivity index (χ1) is 10.2. The normalized spacial score (nSPS) is 12.5. The molecule has 0 spiro atoms. The van der Waals surface area contributed by atoms with Crippen molar-refractivity contribution in [1.82, 2.24) is 9.55 Å². The van der Waals surface area contributed by atoms with Gasteiger partial charge in [0.1, 0.15) is 11.3 Å². The molecule has 0 aliphatic rings. The van der Waals surface area contributed by atoms with Gasteiger partial charge in [-0.3, -0.25) is 0 Å². The van der Waals surface area contributed by atoms with Gasteiger partial charge in [0.05, 0.1) is 12.6 Å². The van der Waals surface area contributed by atoms with Gasteiger partial charge in [-0.1, -0.05) is 36.4 Å². The van der Waals surface area contributed by atoms with Gasteiger partial charge in [0.15, 0.2) is 0 Å². The van der Waals surface area contributed by atoms with Crippen LogP contribution in [-0.2, 0) is 6.42 Å². The molecular formula is C17H19N3O. The predicted octanol–water partition coefficient (Wildman–Crippen LogP) is 3.43. The van der Waals surface area contributed by atoms with Crippen LogP contribution in [0.3, 0.4) is 0 Å². The van der Waals surface area contributed by atoms with E-state index in [9.17, 15) is 0 Å². The number of ether oxygens (including phenoxy) is 1. The van der Waals surface area contributed by atoms with Gasteiger partial charge in [-0.05, 0) is 31.0 Å². The Morgan fingerprint density at radius 1 is 1.14 bits per heavy atom. The molecule has 2 N–H and O–H groups in total. The summed E-state index contributed by atoms with van der Waals surface area (Å²) >= 11 is 0. The molecule has 0 saturated carbocycles. The van der Waals surface area contributed by atoms with E-state index in [1.165, 1.54) is 5.56 Å². The van der Waals surface area contributed by atoms with Crippen molar-refractivity contribution in [3.05, 3.63) is 54.1 Å². The van der Waals surface area contributed by atoms with Gasteiger partial charge in [-0.15, -0.1) is 0 Å². The molecule has 1 unspecified atom stereocenters. The van der Waals surface area contributed by atoms with Gasteiger partial charge in [0.2, 0.25) is 5.95 Å². The van der Waals surface area contributed by atoms with Crippen LogP contribution >= 0.6 is 0 Å². The summed E-state index contributed by atoms with van der Waals surface area (Å²) in [5, 5.41) is 0. The number of methoxy groups -OCH3 is 1. The third kappa shape index (κ3) is 2.44. The predicted molar refractivity (Wildman–Crippen MR) is 85.6 cm³/mol. The summed E-state index contributed by atoms with van der Waals surface area (Å²) in [5.41, 5.74) is 9.24. The van der Waals surface area contributed by atoms with Crippen LogP contribution in [0, 0.1) is 0 Å². The zero-order chi connectivity index (χ0) is 14.8. The smallest absolute Gasteiger partial charge is 0.201 e. The molecule has 3 aromatic rings. The lowest BCUT2D eigenvalue weighted by Crippen LogP contribution is -2.11. The largest absolute Gasteiger partial charge is 0.494 e. The van der Waals surface area contributed by atoms with Crippen molar-refractivity contribution in [2.45, 2.75) is 19.4 Å². The zero-order valence-corrected chi connectivity index (χ0v) is 12.3. The lowest BCUT2D eigenvalue weighted by Gasteiger charge is -2.16. The Hall–Kier alpha value is -2.49. The topological polar surface area (TPSA) is 53.1 Å². The van der Waals surface area contributed by atoms with E-state index in [0.717, 1.165) is 23.2 Å². The number of imidazole rings is 1. The molecule has 0 aliphatic heterocycles. The second kappa shape index (κ2) is 5.48. The first kappa shape index (κ1) is 13.5. The van der Waals surface area contributed by atoms with Crippen molar-refractivity contribution in [2.75, 3.05) is 12.8 Å². The molecule has 2 aromatic carbocycles. The number of nitrogens with two attached hydrogens (primary N) is 1. The summed E-state index contributed by atoms with van der Waals surface area (Å²) in [7, 11) is 1.65. The quantitative estimate of drug-likeness (QED) is 0.797. The van der Waals surface area contributed by atoms with E-state index >= 15 is 0 Å². The zero-order valence-electron chi connectivity index (χ0n) is 12.3. The van der Waals surface area contributed by atoms with E-state index in [1.807, 2.05) is 24.3 Å². The fourth-order valence-electron chi connectivity index (χ4n) is 2.78. The van der Waals surface area contributed by atoms with E-state index in [1.54, 1.807) is 7.11 Å². The molecule has 1 heterocycles. The number of anilines is 1. The number of nitrogens with zero attached hydrogens (tertiary/aromatic N) is 2. The SMILES string of the molecule is COc1cccc2c1nc(N)n2C(C)Cc1ccccc1. The van der Waals surface area contributed by atoms with E-state index in [-0.39, 0.29) is 6.04 Å². The van der Waals surface area contributed by atoms with Gasteiger partial charge >= 0.3 is 0 Å². The molecule has 4 heteroatoms. The molecule has 0 amide bonds. The minimum absolute atomic E-state index is 0.226. The molecule has 3 rings (SSSR count).